The van der Waals surface area contributed by atoms with E-state index < -0.39 is 12.8 Å². The summed E-state index contributed by atoms with van der Waals surface area (Å²) < 4.78 is 54.2. The largest absolute Gasteiger partial charge is 0.411 e. The van der Waals surface area contributed by atoms with Gasteiger partial charge in [-0.15, -0.1) is 0 Å². The first-order chi connectivity index (χ1) is 9.33. The number of benzene rings is 1. The minimum absolute atomic E-state index is 0.107. The standard InChI is InChI=1S/C14H19F4NO/c1-3-6-19-13(8-20-9-14(16,17)18)11-4-5-12(15)10(2)7-11/h4-5,7,13,19H,3,6,8-9H2,1-2H3. The van der Waals surface area contributed by atoms with Gasteiger partial charge in [-0.05, 0) is 37.1 Å². The topological polar surface area (TPSA) is 21.3 Å². The van der Waals surface area contributed by atoms with Crippen molar-refractivity contribution in [3.05, 3.63) is 35.1 Å². The molecule has 1 N–H and O–H groups in total. The van der Waals surface area contributed by atoms with Crippen molar-refractivity contribution < 1.29 is 22.3 Å². The maximum absolute atomic E-state index is 13.2. The summed E-state index contributed by atoms with van der Waals surface area (Å²) >= 11 is 0. The molecule has 1 rings (SSSR count). The summed E-state index contributed by atoms with van der Waals surface area (Å²) in [6.45, 7) is 2.83. The zero-order valence-corrected chi connectivity index (χ0v) is 11.6. The summed E-state index contributed by atoms with van der Waals surface area (Å²) in [5, 5.41) is 3.10. The maximum atomic E-state index is 13.2. The molecule has 1 unspecified atom stereocenters. The Labute approximate surface area is 116 Å². The van der Waals surface area contributed by atoms with Crippen molar-refractivity contribution in [1.29, 1.82) is 0 Å². The Balaban J connectivity index is 2.69. The van der Waals surface area contributed by atoms with Crippen molar-refractivity contribution >= 4 is 0 Å². The molecule has 0 aliphatic carbocycles. The molecule has 0 spiro atoms. The quantitative estimate of drug-likeness (QED) is 0.773. The average molecular weight is 293 g/mol. The summed E-state index contributed by atoms with van der Waals surface area (Å²) in [6.07, 6.45) is -3.50. The van der Waals surface area contributed by atoms with Gasteiger partial charge in [-0.2, -0.15) is 13.2 Å². The van der Waals surface area contributed by atoms with E-state index in [4.69, 9.17) is 4.74 Å². The molecule has 0 aromatic heterocycles. The highest BCUT2D eigenvalue weighted by Gasteiger charge is 2.28. The molecule has 0 bridgehead atoms. The van der Waals surface area contributed by atoms with Gasteiger partial charge in [0.15, 0.2) is 0 Å². The third kappa shape index (κ3) is 5.88. The van der Waals surface area contributed by atoms with Gasteiger partial charge in [0.1, 0.15) is 12.4 Å². The number of hydrogen-bond acceptors (Lipinski definition) is 2. The number of halogens is 4. The first kappa shape index (κ1) is 16.9. The van der Waals surface area contributed by atoms with Crippen LogP contribution in [0.5, 0.6) is 0 Å². The normalized spacial score (nSPS) is 13.5. The van der Waals surface area contributed by atoms with Gasteiger partial charge in [-0.1, -0.05) is 19.1 Å². The highest BCUT2D eigenvalue weighted by Crippen LogP contribution is 2.19. The molecule has 1 aromatic rings. The van der Waals surface area contributed by atoms with Crippen molar-refractivity contribution in [3.8, 4) is 0 Å². The van der Waals surface area contributed by atoms with Gasteiger partial charge < -0.3 is 10.1 Å². The second-order valence-corrected chi connectivity index (χ2v) is 4.65. The van der Waals surface area contributed by atoms with Gasteiger partial charge in [-0.3, -0.25) is 0 Å². The van der Waals surface area contributed by atoms with E-state index in [1.54, 1.807) is 19.1 Å². The zero-order chi connectivity index (χ0) is 15.2. The van der Waals surface area contributed by atoms with Crippen LogP contribution in [0.3, 0.4) is 0 Å². The molecular weight excluding hydrogens is 274 g/mol. The molecule has 0 amide bonds. The van der Waals surface area contributed by atoms with Gasteiger partial charge in [0.2, 0.25) is 0 Å². The zero-order valence-electron chi connectivity index (χ0n) is 11.6. The molecule has 0 aliphatic heterocycles. The maximum Gasteiger partial charge on any atom is 0.411 e. The van der Waals surface area contributed by atoms with E-state index in [1.807, 2.05) is 6.92 Å². The van der Waals surface area contributed by atoms with E-state index in [-0.39, 0.29) is 18.5 Å². The second-order valence-electron chi connectivity index (χ2n) is 4.65. The van der Waals surface area contributed by atoms with Crippen LogP contribution in [0, 0.1) is 12.7 Å². The second kappa shape index (κ2) is 7.59. The predicted octanol–water partition coefficient (Wildman–Crippen LogP) is 3.75. The van der Waals surface area contributed by atoms with Crippen LogP contribution in [0.4, 0.5) is 17.6 Å². The van der Waals surface area contributed by atoms with E-state index in [0.717, 1.165) is 12.0 Å². The monoisotopic (exact) mass is 293 g/mol. The number of hydrogen-bond donors (Lipinski definition) is 1. The Kier molecular flexibility index (Phi) is 6.42. The molecule has 0 heterocycles. The van der Waals surface area contributed by atoms with Gasteiger partial charge >= 0.3 is 6.18 Å². The Bertz CT molecular complexity index is 420. The minimum Gasteiger partial charge on any atom is -0.370 e. The summed E-state index contributed by atoms with van der Waals surface area (Å²) in [6, 6.07) is 4.12. The molecule has 114 valence electrons. The van der Waals surface area contributed by atoms with Crippen LogP contribution in [-0.2, 0) is 4.74 Å². The van der Waals surface area contributed by atoms with Gasteiger partial charge in [0.05, 0.1) is 12.6 Å². The van der Waals surface area contributed by atoms with Crippen LogP contribution in [0.15, 0.2) is 18.2 Å². The lowest BCUT2D eigenvalue weighted by atomic mass is 10.0. The summed E-state index contributed by atoms with van der Waals surface area (Å²) in [5.74, 6) is -0.334. The lowest BCUT2D eigenvalue weighted by molar-refractivity contribution is -0.175. The molecule has 1 atom stereocenters. The molecule has 1 aromatic carbocycles. The molecule has 0 saturated carbocycles. The molecular formula is C14H19F4NO. The molecule has 0 radical (unpaired) electrons. The van der Waals surface area contributed by atoms with Crippen LogP contribution in [-0.4, -0.2) is 25.9 Å². The van der Waals surface area contributed by atoms with E-state index >= 15 is 0 Å². The first-order valence-electron chi connectivity index (χ1n) is 6.47. The van der Waals surface area contributed by atoms with Crippen molar-refractivity contribution in [2.24, 2.45) is 0 Å². The van der Waals surface area contributed by atoms with Crippen molar-refractivity contribution in [2.45, 2.75) is 32.5 Å². The lowest BCUT2D eigenvalue weighted by Gasteiger charge is -2.20. The highest BCUT2D eigenvalue weighted by atomic mass is 19.4. The van der Waals surface area contributed by atoms with Gasteiger partial charge in [0.25, 0.3) is 0 Å². The Morgan fingerprint density at radius 2 is 2.00 bits per heavy atom. The predicted molar refractivity (Wildman–Crippen MR) is 69.0 cm³/mol. The average Bonchev–Trinajstić information content (AvgIpc) is 2.35. The summed E-state index contributed by atoms with van der Waals surface area (Å²) in [4.78, 5) is 0. The van der Waals surface area contributed by atoms with Crippen LogP contribution in [0.1, 0.15) is 30.5 Å². The molecule has 20 heavy (non-hydrogen) atoms. The smallest absolute Gasteiger partial charge is 0.370 e. The molecule has 0 fully saturated rings. The first-order valence-corrected chi connectivity index (χ1v) is 6.47. The number of ether oxygens (including phenoxy) is 1. The minimum atomic E-state index is -4.34. The van der Waals surface area contributed by atoms with Crippen LogP contribution in [0.25, 0.3) is 0 Å². The SMILES string of the molecule is CCCNC(COCC(F)(F)F)c1ccc(F)c(C)c1. The van der Waals surface area contributed by atoms with E-state index in [1.165, 1.54) is 6.07 Å². The highest BCUT2D eigenvalue weighted by molar-refractivity contribution is 5.26. The Hall–Kier alpha value is -1.14. The Morgan fingerprint density at radius 3 is 2.55 bits per heavy atom. The number of alkyl halides is 3. The number of rotatable bonds is 7. The van der Waals surface area contributed by atoms with Gasteiger partial charge in [-0.25, -0.2) is 4.39 Å². The van der Waals surface area contributed by atoms with Crippen molar-refractivity contribution in [3.63, 3.8) is 0 Å². The lowest BCUT2D eigenvalue weighted by Crippen LogP contribution is -2.28. The third-order valence-electron chi connectivity index (χ3n) is 2.78. The van der Waals surface area contributed by atoms with E-state index in [9.17, 15) is 17.6 Å². The third-order valence-corrected chi connectivity index (χ3v) is 2.78. The summed E-state index contributed by atoms with van der Waals surface area (Å²) in [5.41, 5.74) is 1.18. The van der Waals surface area contributed by atoms with Crippen molar-refractivity contribution in [1.82, 2.24) is 5.32 Å². The number of nitrogens with one attached hydrogen (secondary N) is 1. The van der Waals surface area contributed by atoms with Gasteiger partial charge in [0, 0.05) is 0 Å². The molecule has 0 aliphatic rings. The summed E-state index contributed by atoms with van der Waals surface area (Å²) in [7, 11) is 0. The van der Waals surface area contributed by atoms with Crippen LogP contribution >= 0.6 is 0 Å². The Morgan fingerprint density at radius 1 is 1.30 bits per heavy atom. The molecule has 6 heteroatoms. The van der Waals surface area contributed by atoms with Crippen molar-refractivity contribution in [2.75, 3.05) is 19.8 Å². The fourth-order valence-corrected chi connectivity index (χ4v) is 1.77. The fourth-order valence-electron chi connectivity index (χ4n) is 1.77. The molecule has 0 saturated heterocycles. The van der Waals surface area contributed by atoms with E-state index in [0.29, 0.717) is 12.1 Å². The van der Waals surface area contributed by atoms with Crippen LogP contribution in [0.2, 0.25) is 0 Å². The van der Waals surface area contributed by atoms with E-state index in [2.05, 4.69) is 5.32 Å². The fraction of sp³-hybridized carbons (Fsp3) is 0.571. The van der Waals surface area contributed by atoms with Crippen LogP contribution < -0.4 is 5.32 Å². The molecule has 2 nitrogen and oxygen atoms in total. The number of aryl methyl sites for hydroxylation is 1.